The lowest BCUT2D eigenvalue weighted by molar-refractivity contribution is 0.0572. The minimum absolute atomic E-state index is 0.00734. The Morgan fingerprint density at radius 1 is 1.44 bits per heavy atom. The van der Waals surface area contributed by atoms with Crippen molar-refractivity contribution < 1.29 is 9.90 Å². The fourth-order valence-electron chi connectivity index (χ4n) is 2.28. The zero-order valence-corrected chi connectivity index (χ0v) is 10.7. The summed E-state index contributed by atoms with van der Waals surface area (Å²) in [6.45, 7) is 3.42. The zero-order chi connectivity index (χ0) is 13.2. The number of β-amino-alcohol motifs (C(OH)–C–C–N with tert-alkyl or cyclic N) is 1. The van der Waals surface area contributed by atoms with Crippen molar-refractivity contribution in [2.75, 3.05) is 19.6 Å². The predicted molar refractivity (Wildman–Crippen MR) is 70.3 cm³/mol. The van der Waals surface area contributed by atoms with Crippen LogP contribution in [0.25, 0.3) is 0 Å². The molecule has 0 saturated carbocycles. The molecule has 1 amide bonds. The average Bonchev–Trinajstić information content (AvgIpc) is 2.70. The second-order valence-corrected chi connectivity index (χ2v) is 5.21. The molecule has 1 aliphatic heterocycles. The third kappa shape index (κ3) is 2.89. The third-order valence-electron chi connectivity index (χ3n) is 3.37. The Morgan fingerprint density at radius 2 is 2.11 bits per heavy atom. The predicted octanol–water partition coefficient (Wildman–Crippen LogP) is 0.785. The highest BCUT2D eigenvalue weighted by atomic mass is 16.3. The average molecular weight is 248 g/mol. The Kier molecular flexibility index (Phi) is 3.68. The summed E-state index contributed by atoms with van der Waals surface area (Å²) >= 11 is 0. The summed E-state index contributed by atoms with van der Waals surface area (Å²) < 4.78 is 0. The fourth-order valence-corrected chi connectivity index (χ4v) is 2.28. The Labute approximate surface area is 107 Å². The number of rotatable bonds is 3. The molecule has 4 nitrogen and oxygen atoms in total. The van der Waals surface area contributed by atoms with Gasteiger partial charge in [0.25, 0.3) is 5.91 Å². The number of likely N-dealkylation sites (tertiary alicyclic amines) is 1. The number of aliphatic hydroxyl groups is 1. The van der Waals surface area contributed by atoms with Crippen LogP contribution in [0.3, 0.4) is 0 Å². The van der Waals surface area contributed by atoms with Gasteiger partial charge in [0.05, 0.1) is 5.60 Å². The van der Waals surface area contributed by atoms with Gasteiger partial charge in [0.1, 0.15) is 0 Å². The van der Waals surface area contributed by atoms with E-state index in [2.05, 4.69) is 0 Å². The quantitative estimate of drug-likeness (QED) is 0.831. The van der Waals surface area contributed by atoms with Crippen molar-refractivity contribution in [2.45, 2.75) is 25.4 Å². The van der Waals surface area contributed by atoms with E-state index in [0.717, 1.165) is 12.0 Å². The van der Waals surface area contributed by atoms with Crippen molar-refractivity contribution in [2.24, 2.45) is 5.73 Å². The maximum absolute atomic E-state index is 12.2. The van der Waals surface area contributed by atoms with Crippen LogP contribution in [-0.4, -0.2) is 41.1 Å². The van der Waals surface area contributed by atoms with Crippen molar-refractivity contribution in [3.05, 3.63) is 35.4 Å². The van der Waals surface area contributed by atoms with Crippen molar-refractivity contribution in [3.8, 4) is 0 Å². The lowest BCUT2D eigenvalue weighted by Crippen LogP contribution is -2.33. The van der Waals surface area contributed by atoms with Crippen molar-refractivity contribution >= 4 is 5.91 Å². The number of nitrogens with two attached hydrogens (primary N) is 1. The molecule has 0 bridgehead atoms. The van der Waals surface area contributed by atoms with E-state index in [1.807, 2.05) is 24.3 Å². The van der Waals surface area contributed by atoms with Gasteiger partial charge in [-0.1, -0.05) is 12.1 Å². The van der Waals surface area contributed by atoms with Crippen molar-refractivity contribution in [1.82, 2.24) is 4.90 Å². The molecule has 3 N–H and O–H groups in total. The summed E-state index contributed by atoms with van der Waals surface area (Å²) in [5, 5.41) is 9.87. The standard InChI is InChI=1S/C14H20N2O2/c1-14(18)7-9-16(10-14)13(17)12-4-2-11(3-5-12)6-8-15/h2-5,18H,6-10,15H2,1H3. The zero-order valence-electron chi connectivity index (χ0n) is 10.7. The van der Waals surface area contributed by atoms with E-state index in [1.54, 1.807) is 11.8 Å². The van der Waals surface area contributed by atoms with Crippen LogP contribution in [0.4, 0.5) is 0 Å². The van der Waals surface area contributed by atoms with Crippen LogP contribution in [0.1, 0.15) is 29.3 Å². The Hall–Kier alpha value is -1.39. The van der Waals surface area contributed by atoms with Crippen molar-refractivity contribution in [3.63, 3.8) is 0 Å². The van der Waals surface area contributed by atoms with E-state index in [4.69, 9.17) is 5.73 Å². The Morgan fingerprint density at radius 3 is 2.61 bits per heavy atom. The van der Waals surface area contributed by atoms with Gasteiger partial charge >= 0.3 is 0 Å². The topological polar surface area (TPSA) is 66.6 Å². The molecule has 0 aromatic heterocycles. The number of carbonyl (C=O) groups excluding carboxylic acids is 1. The highest BCUT2D eigenvalue weighted by molar-refractivity contribution is 5.94. The molecule has 2 rings (SSSR count). The first-order chi connectivity index (χ1) is 8.52. The van der Waals surface area contributed by atoms with Crippen LogP contribution in [0.2, 0.25) is 0 Å². The van der Waals surface area contributed by atoms with Gasteiger partial charge in [-0.05, 0) is 44.0 Å². The molecule has 0 radical (unpaired) electrons. The lowest BCUT2D eigenvalue weighted by Gasteiger charge is -2.19. The molecule has 1 unspecified atom stereocenters. The summed E-state index contributed by atoms with van der Waals surface area (Å²) in [5.74, 6) is -0.00734. The van der Waals surface area contributed by atoms with Gasteiger partial charge in [0.2, 0.25) is 0 Å². The molecular weight excluding hydrogens is 228 g/mol. The number of amides is 1. The van der Waals surface area contributed by atoms with Gasteiger partial charge in [-0.15, -0.1) is 0 Å². The smallest absolute Gasteiger partial charge is 0.253 e. The van der Waals surface area contributed by atoms with Crippen LogP contribution < -0.4 is 5.73 Å². The van der Waals surface area contributed by atoms with Crippen LogP contribution in [0.5, 0.6) is 0 Å². The van der Waals surface area contributed by atoms with Gasteiger partial charge < -0.3 is 15.7 Å². The molecule has 1 fully saturated rings. The molecule has 18 heavy (non-hydrogen) atoms. The number of carbonyl (C=O) groups is 1. The first kappa shape index (κ1) is 13.1. The van der Waals surface area contributed by atoms with Crippen LogP contribution in [-0.2, 0) is 6.42 Å². The van der Waals surface area contributed by atoms with E-state index in [9.17, 15) is 9.90 Å². The maximum Gasteiger partial charge on any atom is 0.253 e. The summed E-state index contributed by atoms with van der Waals surface area (Å²) in [6, 6.07) is 7.54. The van der Waals surface area contributed by atoms with Crippen molar-refractivity contribution in [1.29, 1.82) is 0 Å². The van der Waals surface area contributed by atoms with Gasteiger partial charge in [-0.3, -0.25) is 4.79 Å². The van der Waals surface area contributed by atoms with E-state index >= 15 is 0 Å². The summed E-state index contributed by atoms with van der Waals surface area (Å²) in [4.78, 5) is 13.9. The second kappa shape index (κ2) is 5.08. The molecule has 1 aliphatic rings. The SMILES string of the molecule is CC1(O)CCN(C(=O)c2ccc(CCN)cc2)C1. The fraction of sp³-hybridized carbons (Fsp3) is 0.500. The second-order valence-electron chi connectivity index (χ2n) is 5.21. The monoisotopic (exact) mass is 248 g/mol. The molecule has 4 heteroatoms. The number of hydrogen-bond acceptors (Lipinski definition) is 3. The Bertz CT molecular complexity index is 426. The Balaban J connectivity index is 2.05. The number of benzene rings is 1. The summed E-state index contributed by atoms with van der Waals surface area (Å²) in [7, 11) is 0. The van der Waals surface area contributed by atoms with E-state index in [1.165, 1.54) is 0 Å². The van der Waals surface area contributed by atoms with E-state index in [-0.39, 0.29) is 5.91 Å². The van der Waals surface area contributed by atoms with Gasteiger partial charge in [0, 0.05) is 18.7 Å². The molecule has 1 saturated heterocycles. The molecule has 0 spiro atoms. The minimum Gasteiger partial charge on any atom is -0.388 e. The van der Waals surface area contributed by atoms with E-state index in [0.29, 0.717) is 31.6 Å². The highest BCUT2D eigenvalue weighted by Gasteiger charge is 2.34. The molecular formula is C14H20N2O2. The maximum atomic E-state index is 12.2. The minimum atomic E-state index is -0.741. The molecule has 0 aliphatic carbocycles. The molecule has 1 atom stereocenters. The molecule has 1 aromatic carbocycles. The first-order valence-corrected chi connectivity index (χ1v) is 6.32. The van der Waals surface area contributed by atoms with Crippen LogP contribution in [0.15, 0.2) is 24.3 Å². The number of nitrogens with zero attached hydrogens (tertiary/aromatic N) is 1. The van der Waals surface area contributed by atoms with Gasteiger partial charge in [0.15, 0.2) is 0 Å². The largest absolute Gasteiger partial charge is 0.388 e. The molecule has 98 valence electrons. The highest BCUT2D eigenvalue weighted by Crippen LogP contribution is 2.22. The van der Waals surface area contributed by atoms with Crippen LogP contribution in [0, 0.1) is 0 Å². The molecule has 1 aromatic rings. The summed E-state index contributed by atoms with van der Waals surface area (Å²) in [5.41, 5.74) is 6.56. The first-order valence-electron chi connectivity index (χ1n) is 6.32. The summed E-state index contributed by atoms with van der Waals surface area (Å²) in [6.07, 6.45) is 1.47. The van der Waals surface area contributed by atoms with E-state index < -0.39 is 5.60 Å². The van der Waals surface area contributed by atoms with Gasteiger partial charge in [-0.25, -0.2) is 0 Å². The van der Waals surface area contributed by atoms with Gasteiger partial charge in [-0.2, -0.15) is 0 Å². The normalized spacial score (nSPS) is 23.4. The number of hydrogen-bond donors (Lipinski definition) is 2. The van der Waals surface area contributed by atoms with Crippen LogP contribution >= 0.6 is 0 Å². The molecule has 1 heterocycles. The lowest BCUT2D eigenvalue weighted by atomic mass is 10.1. The third-order valence-corrected chi connectivity index (χ3v) is 3.37.